The molecule has 0 aliphatic carbocycles. The summed E-state index contributed by atoms with van der Waals surface area (Å²) in [6.07, 6.45) is 0. The van der Waals surface area contributed by atoms with E-state index in [1.807, 2.05) is 0 Å². The Balaban J connectivity index is 2.17. The van der Waals surface area contributed by atoms with E-state index in [1.165, 1.54) is 37.4 Å². The van der Waals surface area contributed by atoms with Crippen LogP contribution in [-0.2, 0) is 6.61 Å². The largest absolute Gasteiger partial charge is 0.493 e. The number of carboxylic acid groups (broad SMARTS) is 1. The highest BCUT2D eigenvalue weighted by Gasteiger charge is 2.11. The van der Waals surface area contributed by atoms with Crippen molar-refractivity contribution in [2.45, 2.75) is 6.61 Å². The summed E-state index contributed by atoms with van der Waals surface area (Å²) in [5, 5.41) is 8.93. The molecule has 2 rings (SSSR count). The minimum absolute atomic E-state index is 0.113. The fraction of sp³-hybridized carbons (Fsp3) is 0.133. The molecule has 0 aliphatic rings. The van der Waals surface area contributed by atoms with Crippen molar-refractivity contribution in [1.82, 2.24) is 0 Å². The van der Waals surface area contributed by atoms with Crippen LogP contribution in [0.1, 0.15) is 15.9 Å². The second-order valence-corrected chi connectivity index (χ2v) is 5.05. The zero-order valence-electron chi connectivity index (χ0n) is 11.1. The predicted octanol–water partition coefficient (Wildman–Crippen LogP) is 3.87. The van der Waals surface area contributed by atoms with Gasteiger partial charge in [0.1, 0.15) is 12.4 Å². The Labute approximate surface area is 129 Å². The molecule has 110 valence electrons. The molecule has 0 saturated heterocycles. The predicted molar refractivity (Wildman–Crippen MR) is 78.4 cm³/mol. The average molecular weight is 355 g/mol. The van der Waals surface area contributed by atoms with Gasteiger partial charge in [-0.3, -0.25) is 0 Å². The molecule has 0 aliphatic heterocycles. The molecule has 0 atom stereocenters. The smallest absolute Gasteiger partial charge is 0.335 e. The molecular weight excluding hydrogens is 343 g/mol. The highest BCUT2D eigenvalue weighted by atomic mass is 79.9. The summed E-state index contributed by atoms with van der Waals surface area (Å²) in [4.78, 5) is 10.9. The lowest BCUT2D eigenvalue weighted by atomic mass is 10.2. The van der Waals surface area contributed by atoms with E-state index in [2.05, 4.69) is 15.9 Å². The number of rotatable bonds is 5. The van der Waals surface area contributed by atoms with Gasteiger partial charge in [-0.2, -0.15) is 0 Å². The number of hydrogen-bond acceptors (Lipinski definition) is 3. The van der Waals surface area contributed by atoms with E-state index in [0.29, 0.717) is 16.0 Å². The van der Waals surface area contributed by atoms with Gasteiger partial charge in [0.05, 0.1) is 12.7 Å². The number of hydrogen-bond donors (Lipinski definition) is 1. The van der Waals surface area contributed by atoms with Crippen LogP contribution in [0.15, 0.2) is 40.9 Å². The van der Waals surface area contributed by atoms with Gasteiger partial charge in [-0.1, -0.05) is 22.0 Å². The van der Waals surface area contributed by atoms with E-state index in [-0.39, 0.29) is 18.0 Å². The molecule has 6 heteroatoms. The average Bonchev–Trinajstić information content (AvgIpc) is 2.46. The number of methoxy groups -OCH3 is 1. The van der Waals surface area contributed by atoms with Gasteiger partial charge in [-0.15, -0.1) is 0 Å². The van der Waals surface area contributed by atoms with Crippen molar-refractivity contribution in [3.63, 3.8) is 0 Å². The van der Waals surface area contributed by atoms with Crippen LogP contribution in [0.25, 0.3) is 0 Å². The third-order valence-corrected chi connectivity index (χ3v) is 3.55. The first-order chi connectivity index (χ1) is 10.0. The molecule has 21 heavy (non-hydrogen) atoms. The second kappa shape index (κ2) is 6.58. The topological polar surface area (TPSA) is 55.8 Å². The maximum absolute atomic E-state index is 13.0. The number of carbonyl (C=O) groups is 1. The summed E-state index contributed by atoms with van der Waals surface area (Å²) in [5.74, 6) is -0.637. The van der Waals surface area contributed by atoms with Crippen molar-refractivity contribution in [3.05, 3.63) is 57.8 Å². The van der Waals surface area contributed by atoms with Gasteiger partial charge in [0, 0.05) is 10.0 Å². The van der Waals surface area contributed by atoms with Gasteiger partial charge in [0.25, 0.3) is 0 Å². The minimum Gasteiger partial charge on any atom is -0.493 e. The molecule has 1 N–H and O–H groups in total. The maximum Gasteiger partial charge on any atom is 0.335 e. The van der Waals surface area contributed by atoms with Gasteiger partial charge >= 0.3 is 5.97 Å². The van der Waals surface area contributed by atoms with Crippen molar-refractivity contribution in [1.29, 1.82) is 0 Å². The highest BCUT2D eigenvalue weighted by Crippen LogP contribution is 2.29. The Morgan fingerprint density at radius 2 is 2.00 bits per heavy atom. The van der Waals surface area contributed by atoms with E-state index < -0.39 is 5.97 Å². The summed E-state index contributed by atoms with van der Waals surface area (Å²) < 4.78 is 24.3. The van der Waals surface area contributed by atoms with E-state index in [9.17, 15) is 9.18 Å². The molecule has 0 bridgehead atoms. The molecule has 2 aromatic rings. The summed E-state index contributed by atoms with van der Waals surface area (Å²) in [6.45, 7) is 0.198. The number of carboxylic acids is 1. The molecule has 0 unspecified atom stereocenters. The zero-order chi connectivity index (χ0) is 15.4. The van der Waals surface area contributed by atoms with Crippen LogP contribution < -0.4 is 9.47 Å². The fourth-order valence-electron chi connectivity index (χ4n) is 1.71. The van der Waals surface area contributed by atoms with E-state index >= 15 is 0 Å². The Kier molecular flexibility index (Phi) is 4.80. The van der Waals surface area contributed by atoms with Crippen LogP contribution in [0.3, 0.4) is 0 Å². The maximum atomic E-state index is 13.0. The summed E-state index contributed by atoms with van der Waals surface area (Å²) >= 11 is 3.26. The lowest BCUT2D eigenvalue weighted by Crippen LogP contribution is -2.01. The van der Waals surface area contributed by atoms with Crippen LogP contribution in [0.2, 0.25) is 0 Å². The molecule has 2 aromatic carbocycles. The third kappa shape index (κ3) is 3.72. The van der Waals surface area contributed by atoms with Gasteiger partial charge in [-0.25, -0.2) is 9.18 Å². The molecule has 0 fully saturated rings. The van der Waals surface area contributed by atoms with Crippen LogP contribution in [0.5, 0.6) is 11.5 Å². The summed E-state index contributed by atoms with van der Waals surface area (Å²) in [6, 6.07) is 8.64. The fourth-order valence-corrected chi connectivity index (χ4v) is 2.18. The SMILES string of the molecule is COc1cc(C(=O)O)ccc1OCc1ccc(F)cc1Br. The van der Waals surface area contributed by atoms with E-state index in [0.717, 1.165) is 5.56 Å². The summed E-state index contributed by atoms with van der Waals surface area (Å²) in [7, 11) is 1.43. The van der Waals surface area contributed by atoms with Crippen LogP contribution in [0, 0.1) is 5.82 Å². The standard InChI is InChI=1S/C15H12BrFO4/c1-20-14-6-9(15(18)19)3-5-13(14)21-8-10-2-4-11(17)7-12(10)16/h2-7H,8H2,1H3,(H,18,19). The molecule has 0 saturated carbocycles. The van der Waals surface area contributed by atoms with Crippen molar-refractivity contribution >= 4 is 21.9 Å². The first-order valence-corrected chi connectivity index (χ1v) is 6.78. The quantitative estimate of drug-likeness (QED) is 0.885. The van der Waals surface area contributed by atoms with Crippen molar-refractivity contribution in [2.75, 3.05) is 7.11 Å². The summed E-state index contributed by atoms with van der Waals surface area (Å²) in [5.41, 5.74) is 0.878. The number of ether oxygens (including phenoxy) is 2. The molecule has 0 heterocycles. The normalized spacial score (nSPS) is 10.2. The Morgan fingerprint density at radius 1 is 1.24 bits per heavy atom. The lowest BCUT2D eigenvalue weighted by molar-refractivity contribution is 0.0696. The van der Waals surface area contributed by atoms with Crippen LogP contribution in [0.4, 0.5) is 4.39 Å². The van der Waals surface area contributed by atoms with E-state index in [1.54, 1.807) is 6.07 Å². The Morgan fingerprint density at radius 3 is 2.62 bits per heavy atom. The van der Waals surface area contributed by atoms with Crippen molar-refractivity contribution in [3.8, 4) is 11.5 Å². The zero-order valence-corrected chi connectivity index (χ0v) is 12.7. The van der Waals surface area contributed by atoms with Gasteiger partial charge in [0.2, 0.25) is 0 Å². The minimum atomic E-state index is -1.04. The van der Waals surface area contributed by atoms with E-state index in [4.69, 9.17) is 14.6 Å². The highest BCUT2D eigenvalue weighted by molar-refractivity contribution is 9.10. The third-order valence-electron chi connectivity index (χ3n) is 2.81. The Bertz CT molecular complexity index is 673. The number of halogens is 2. The van der Waals surface area contributed by atoms with Gasteiger partial charge < -0.3 is 14.6 Å². The van der Waals surface area contributed by atoms with Gasteiger partial charge in [0.15, 0.2) is 11.5 Å². The first-order valence-electron chi connectivity index (χ1n) is 5.99. The molecule has 0 radical (unpaired) electrons. The lowest BCUT2D eigenvalue weighted by Gasteiger charge is -2.12. The van der Waals surface area contributed by atoms with Crippen molar-refractivity contribution < 1.29 is 23.8 Å². The molecular formula is C15H12BrFO4. The molecule has 4 nitrogen and oxygen atoms in total. The molecule has 0 spiro atoms. The molecule has 0 aromatic heterocycles. The monoisotopic (exact) mass is 354 g/mol. The van der Waals surface area contributed by atoms with Crippen LogP contribution in [-0.4, -0.2) is 18.2 Å². The molecule has 0 amide bonds. The van der Waals surface area contributed by atoms with Gasteiger partial charge in [-0.05, 0) is 30.3 Å². The Hall–Kier alpha value is -2.08. The number of aromatic carboxylic acids is 1. The first kappa shape index (κ1) is 15.3. The van der Waals surface area contributed by atoms with Crippen LogP contribution >= 0.6 is 15.9 Å². The van der Waals surface area contributed by atoms with Crippen molar-refractivity contribution in [2.24, 2.45) is 0 Å². The second-order valence-electron chi connectivity index (χ2n) is 4.20. The number of benzene rings is 2.